The maximum atomic E-state index is 13.9. The van der Waals surface area contributed by atoms with E-state index < -0.39 is 0 Å². The molecule has 0 fully saturated rings. The van der Waals surface area contributed by atoms with Crippen LogP contribution in [-0.4, -0.2) is 4.57 Å². The summed E-state index contributed by atoms with van der Waals surface area (Å²) >= 11 is 0. The van der Waals surface area contributed by atoms with E-state index in [-0.39, 0.29) is 5.43 Å². The van der Waals surface area contributed by atoms with Crippen LogP contribution in [0.25, 0.3) is 33.1 Å². The first-order valence-electron chi connectivity index (χ1n) is 12.0. The van der Waals surface area contributed by atoms with Gasteiger partial charge in [-0.15, -0.1) is 0 Å². The summed E-state index contributed by atoms with van der Waals surface area (Å²) in [5.41, 5.74) is 8.94. The Hall–Kier alpha value is -4.89. The van der Waals surface area contributed by atoms with Crippen molar-refractivity contribution in [1.82, 2.24) is 4.57 Å². The van der Waals surface area contributed by atoms with Crippen LogP contribution in [0.15, 0.2) is 133 Å². The third-order valence-corrected chi connectivity index (χ3v) is 7.05. The van der Waals surface area contributed by atoms with Gasteiger partial charge >= 0.3 is 0 Å². The van der Waals surface area contributed by atoms with E-state index in [4.69, 9.17) is 0 Å². The zero-order valence-corrected chi connectivity index (χ0v) is 19.6. The summed E-state index contributed by atoms with van der Waals surface area (Å²) in [5.74, 6) is 0. The van der Waals surface area contributed by atoms with E-state index in [0.29, 0.717) is 10.8 Å². The van der Waals surface area contributed by atoms with E-state index in [9.17, 15) is 4.79 Å². The van der Waals surface area contributed by atoms with Crippen LogP contribution < -0.4 is 10.3 Å². The number of para-hydroxylation sites is 4. The van der Waals surface area contributed by atoms with Crippen LogP contribution in [0.4, 0.5) is 17.1 Å². The van der Waals surface area contributed by atoms with Crippen molar-refractivity contribution in [2.75, 3.05) is 4.90 Å². The standard InChI is InChI=1S/C33H22N2O/c1-22-25-16-8-10-18-29(25)34(23-12-4-2-5-13-23)31-21-28-32(20-27(22)31)35(24-14-6-3-7-15-24)30-19-11-9-17-26(30)33(28)36/h2-21H,1H2. The van der Waals surface area contributed by atoms with Gasteiger partial charge in [-0.2, -0.15) is 0 Å². The van der Waals surface area contributed by atoms with E-state index in [1.807, 2.05) is 78.9 Å². The zero-order valence-electron chi connectivity index (χ0n) is 19.6. The minimum atomic E-state index is 0.0352. The Morgan fingerprint density at radius 3 is 1.94 bits per heavy atom. The zero-order chi connectivity index (χ0) is 24.2. The second-order valence-corrected chi connectivity index (χ2v) is 9.07. The fraction of sp³-hybridized carbons (Fsp3) is 0. The lowest BCUT2D eigenvalue weighted by Gasteiger charge is -2.35. The van der Waals surface area contributed by atoms with Gasteiger partial charge in [-0.25, -0.2) is 0 Å². The molecular weight excluding hydrogens is 440 g/mol. The molecule has 1 aliphatic rings. The minimum absolute atomic E-state index is 0.0352. The maximum absolute atomic E-state index is 13.9. The summed E-state index contributed by atoms with van der Waals surface area (Å²) < 4.78 is 2.19. The molecule has 0 aliphatic carbocycles. The van der Waals surface area contributed by atoms with Crippen molar-refractivity contribution in [2.24, 2.45) is 0 Å². The number of benzene rings is 5. The monoisotopic (exact) mass is 462 g/mol. The molecule has 0 atom stereocenters. The van der Waals surface area contributed by atoms with Crippen molar-refractivity contribution in [2.45, 2.75) is 0 Å². The molecule has 0 saturated heterocycles. The summed E-state index contributed by atoms with van der Waals surface area (Å²) in [4.78, 5) is 16.1. The molecule has 170 valence electrons. The summed E-state index contributed by atoms with van der Waals surface area (Å²) in [6.45, 7) is 4.50. The highest BCUT2D eigenvalue weighted by molar-refractivity contribution is 6.06. The second kappa shape index (κ2) is 7.82. The van der Waals surface area contributed by atoms with Crippen LogP contribution in [0.5, 0.6) is 0 Å². The van der Waals surface area contributed by atoms with Gasteiger partial charge in [0.05, 0.1) is 22.4 Å². The number of rotatable bonds is 2. The Bertz CT molecular complexity index is 1870. The maximum Gasteiger partial charge on any atom is 0.197 e. The molecule has 6 aromatic rings. The van der Waals surface area contributed by atoms with Gasteiger partial charge in [0.15, 0.2) is 5.43 Å². The third kappa shape index (κ3) is 2.90. The SMILES string of the molecule is C=C1c2ccccc2N(c2ccccc2)c2cc3c(=O)c4ccccc4n(-c4ccccc4)c3cc21. The van der Waals surface area contributed by atoms with Crippen LogP contribution >= 0.6 is 0 Å². The number of nitrogens with zero attached hydrogens (tertiary/aromatic N) is 2. The Labute approximate surface area is 208 Å². The van der Waals surface area contributed by atoms with Gasteiger partial charge < -0.3 is 9.47 Å². The Morgan fingerprint density at radius 2 is 1.17 bits per heavy atom. The van der Waals surface area contributed by atoms with Gasteiger partial charge in [0.1, 0.15) is 0 Å². The van der Waals surface area contributed by atoms with Gasteiger partial charge in [-0.05, 0) is 60.2 Å². The molecule has 0 radical (unpaired) electrons. The highest BCUT2D eigenvalue weighted by Gasteiger charge is 2.28. The minimum Gasteiger partial charge on any atom is -0.309 e. The summed E-state index contributed by atoms with van der Waals surface area (Å²) in [5, 5.41) is 1.39. The van der Waals surface area contributed by atoms with Gasteiger partial charge in [0.2, 0.25) is 0 Å². The van der Waals surface area contributed by atoms with Crippen LogP contribution in [0.2, 0.25) is 0 Å². The Morgan fingerprint density at radius 1 is 0.528 bits per heavy atom. The van der Waals surface area contributed by atoms with Crippen LogP contribution in [-0.2, 0) is 0 Å². The van der Waals surface area contributed by atoms with E-state index in [0.717, 1.165) is 50.5 Å². The predicted octanol–water partition coefficient (Wildman–Crippen LogP) is 7.99. The fourth-order valence-corrected chi connectivity index (χ4v) is 5.42. The molecule has 0 spiro atoms. The van der Waals surface area contributed by atoms with Gasteiger partial charge in [-0.1, -0.05) is 73.3 Å². The van der Waals surface area contributed by atoms with E-state index >= 15 is 0 Å². The molecule has 3 nitrogen and oxygen atoms in total. The fourth-order valence-electron chi connectivity index (χ4n) is 5.42. The smallest absolute Gasteiger partial charge is 0.197 e. The number of fused-ring (bicyclic) bond motifs is 4. The summed E-state index contributed by atoms with van der Waals surface area (Å²) in [7, 11) is 0. The number of hydrogen-bond acceptors (Lipinski definition) is 2. The molecule has 0 unspecified atom stereocenters. The highest BCUT2D eigenvalue weighted by Crippen LogP contribution is 2.49. The highest BCUT2D eigenvalue weighted by atomic mass is 16.1. The molecule has 1 aliphatic heterocycles. The van der Waals surface area contributed by atoms with Crippen molar-refractivity contribution in [3.05, 3.63) is 149 Å². The van der Waals surface area contributed by atoms with E-state index in [1.54, 1.807) is 0 Å². The average Bonchev–Trinajstić information content (AvgIpc) is 2.94. The van der Waals surface area contributed by atoms with Crippen molar-refractivity contribution < 1.29 is 0 Å². The molecule has 0 bridgehead atoms. The topological polar surface area (TPSA) is 25.2 Å². The van der Waals surface area contributed by atoms with Crippen LogP contribution in [0, 0.1) is 0 Å². The van der Waals surface area contributed by atoms with Crippen molar-refractivity contribution in [1.29, 1.82) is 0 Å². The molecular formula is C33H22N2O. The molecule has 3 heteroatoms. The van der Waals surface area contributed by atoms with Crippen molar-refractivity contribution in [3.63, 3.8) is 0 Å². The lowest BCUT2D eigenvalue weighted by Crippen LogP contribution is -2.19. The first-order valence-corrected chi connectivity index (χ1v) is 12.0. The van der Waals surface area contributed by atoms with Crippen LogP contribution in [0.3, 0.4) is 0 Å². The molecule has 36 heavy (non-hydrogen) atoms. The first kappa shape index (κ1) is 20.5. The molecule has 0 N–H and O–H groups in total. The number of anilines is 3. The van der Waals surface area contributed by atoms with Crippen molar-refractivity contribution >= 4 is 44.4 Å². The largest absolute Gasteiger partial charge is 0.309 e. The molecule has 5 aromatic carbocycles. The molecule has 0 amide bonds. The lowest BCUT2D eigenvalue weighted by atomic mass is 9.89. The van der Waals surface area contributed by atoms with Crippen LogP contribution in [0.1, 0.15) is 11.1 Å². The number of hydrogen-bond donors (Lipinski definition) is 0. The first-order chi connectivity index (χ1) is 17.7. The van der Waals surface area contributed by atoms with E-state index in [2.05, 4.69) is 58.5 Å². The summed E-state index contributed by atoms with van der Waals surface area (Å²) in [6, 6.07) is 40.9. The molecule has 2 heterocycles. The molecule has 1 aromatic heterocycles. The Kier molecular flexibility index (Phi) is 4.45. The Balaban J connectivity index is 1.64. The average molecular weight is 463 g/mol. The third-order valence-electron chi connectivity index (χ3n) is 7.05. The quantitative estimate of drug-likeness (QED) is 0.243. The van der Waals surface area contributed by atoms with Crippen molar-refractivity contribution in [3.8, 4) is 5.69 Å². The van der Waals surface area contributed by atoms with Gasteiger partial charge in [0, 0.05) is 33.3 Å². The number of aromatic nitrogens is 1. The molecule has 0 saturated carbocycles. The summed E-state index contributed by atoms with van der Waals surface area (Å²) in [6.07, 6.45) is 0. The van der Waals surface area contributed by atoms with Gasteiger partial charge in [-0.3, -0.25) is 4.79 Å². The number of pyridine rings is 1. The normalized spacial score (nSPS) is 12.6. The predicted molar refractivity (Wildman–Crippen MR) is 150 cm³/mol. The second-order valence-electron chi connectivity index (χ2n) is 9.07. The van der Waals surface area contributed by atoms with Gasteiger partial charge in [0.25, 0.3) is 0 Å². The lowest BCUT2D eigenvalue weighted by molar-refractivity contribution is 1.16. The van der Waals surface area contributed by atoms with E-state index in [1.165, 1.54) is 0 Å². The molecule has 7 rings (SSSR count).